The van der Waals surface area contributed by atoms with E-state index in [4.69, 9.17) is 0 Å². The third-order valence-electron chi connectivity index (χ3n) is 4.48. The van der Waals surface area contributed by atoms with Crippen LogP contribution in [0.3, 0.4) is 0 Å². The zero-order valence-corrected chi connectivity index (χ0v) is 17.1. The Kier molecular flexibility index (Phi) is 4.85. The summed E-state index contributed by atoms with van der Waals surface area (Å²) in [7, 11) is 2.49. The van der Waals surface area contributed by atoms with E-state index in [1.54, 1.807) is 18.2 Å². The van der Waals surface area contributed by atoms with Crippen molar-refractivity contribution in [3.8, 4) is 0 Å². The maximum absolute atomic E-state index is 14.3. The summed E-state index contributed by atoms with van der Waals surface area (Å²) in [5.74, 6) is -6.39. The van der Waals surface area contributed by atoms with Crippen LogP contribution in [0.4, 0.5) is 23.2 Å². The highest BCUT2D eigenvalue weighted by molar-refractivity contribution is 9.10. The highest BCUT2D eigenvalue weighted by Gasteiger charge is 2.25. The monoisotopic (exact) mass is 481 g/mol. The molecule has 2 aromatic carbocycles. The molecule has 0 fully saturated rings. The van der Waals surface area contributed by atoms with E-state index in [1.165, 1.54) is 14.1 Å². The molecule has 0 aliphatic heterocycles. The standard InChI is InChI=1S/C19H12BrF4N5O/c1-28(2)18-14(23)12(21)10(13(22)15(18)24)6-26-29-7-25-16-9-5-8(20)3-4-11(9)27-17(16)19(29)30/h3-7,27H,1-2H3/b26-6+. The Labute approximate surface area is 174 Å². The van der Waals surface area contributed by atoms with Gasteiger partial charge in [0.05, 0.1) is 11.8 Å². The second-order valence-corrected chi connectivity index (χ2v) is 7.51. The Morgan fingerprint density at radius 3 is 2.43 bits per heavy atom. The fourth-order valence-electron chi connectivity index (χ4n) is 3.06. The van der Waals surface area contributed by atoms with Crippen molar-refractivity contribution in [1.29, 1.82) is 0 Å². The normalized spacial score (nSPS) is 11.8. The summed E-state index contributed by atoms with van der Waals surface area (Å²) in [6.07, 6.45) is 1.58. The molecular formula is C19H12BrF4N5O. The number of aromatic nitrogens is 3. The molecule has 2 aromatic heterocycles. The Bertz CT molecular complexity index is 1380. The molecule has 0 saturated carbocycles. The molecule has 30 heavy (non-hydrogen) atoms. The fourth-order valence-corrected chi connectivity index (χ4v) is 3.42. The smallest absolute Gasteiger partial charge is 0.298 e. The van der Waals surface area contributed by atoms with Crippen molar-refractivity contribution < 1.29 is 17.6 Å². The number of nitrogens with zero attached hydrogens (tertiary/aromatic N) is 4. The molecule has 0 atom stereocenters. The van der Waals surface area contributed by atoms with Crippen molar-refractivity contribution in [2.24, 2.45) is 5.10 Å². The van der Waals surface area contributed by atoms with Crippen LogP contribution in [-0.2, 0) is 0 Å². The first-order valence-corrected chi connectivity index (χ1v) is 9.26. The summed E-state index contributed by atoms with van der Waals surface area (Å²) < 4.78 is 58.4. The van der Waals surface area contributed by atoms with Gasteiger partial charge in [0, 0.05) is 29.5 Å². The van der Waals surface area contributed by atoms with Gasteiger partial charge in [-0.1, -0.05) is 15.9 Å². The van der Waals surface area contributed by atoms with Crippen LogP contribution in [-0.4, -0.2) is 35.0 Å². The number of fused-ring (bicyclic) bond motifs is 3. The van der Waals surface area contributed by atoms with E-state index in [0.29, 0.717) is 27.3 Å². The molecule has 154 valence electrons. The molecule has 0 saturated heterocycles. The zero-order valence-electron chi connectivity index (χ0n) is 15.5. The van der Waals surface area contributed by atoms with Crippen LogP contribution in [0.1, 0.15) is 5.56 Å². The van der Waals surface area contributed by atoms with Gasteiger partial charge < -0.3 is 9.88 Å². The molecule has 4 rings (SSSR count). The van der Waals surface area contributed by atoms with E-state index in [9.17, 15) is 22.4 Å². The van der Waals surface area contributed by atoms with Crippen molar-refractivity contribution >= 4 is 49.8 Å². The van der Waals surface area contributed by atoms with Crippen LogP contribution in [0.25, 0.3) is 21.9 Å². The van der Waals surface area contributed by atoms with Crippen LogP contribution in [0.15, 0.2) is 38.9 Å². The largest absolute Gasteiger partial charge is 0.373 e. The summed E-state index contributed by atoms with van der Waals surface area (Å²) in [4.78, 5) is 20.7. The molecule has 0 unspecified atom stereocenters. The SMILES string of the molecule is CN(C)c1c(F)c(F)c(/C=N/n2cnc3c([nH]c4ccc(Br)cc43)c2=O)c(F)c1F. The molecule has 4 aromatic rings. The molecule has 0 bridgehead atoms. The van der Waals surface area contributed by atoms with Gasteiger partial charge in [-0.2, -0.15) is 9.78 Å². The van der Waals surface area contributed by atoms with E-state index >= 15 is 0 Å². The van der Waals surface area contributed by atoms with Crippen LogP contribution in [0.5, 0.6) is 0 Å². The van der Waals surface area contributed by atoms with Gasteiger partial charge in [0.15, 0.2) is 23.3 Å². The second-order valence-electron chi connectivity index (χ2n) is 6.59. The number of nitrogens with one attached hydrogen (secondary N) is 1. The van der Waals surface area contributed by atoms with Gasteiger partial charge in [-0.25, -0.2) is 22.5 Å². The highest BCUT2D eigenvalue weighted by atomic mass is 79.9. The van der Waals surface area contributed by atoms with Gasteiger partial charge >= 0.3 is 0 Å². The summed E-state index contributed by atoms with van der Waals surface area (Å²) in [6, 6.07) is 5.30. The van der Waals surface area contributed by atoms with Crippen molar-refractivity contribution in [3.63, 3.8) is 0 Å². The highest BCUT2D eigenvalue weighted by Crippen LogP contribution is 2.29. The molecule has 6 nitrogen and oxygen atoms in total. The first kappa shape index (κ1) is 20.1. The van der Waals surface area contributed by atoms with E-state index in [-0.39, 0.29) is 5.52 Å². The second kappa shape index (κ2) is 7.24. The molecule has 0 aliphatic carbocycles. The van der Waals surface area contributed by atoms with E-state index in [1.807, 2.05) is 0 Å². The maximum atomic E-state index is 14.3. The van der Waals surface area contributed by atoms with Gasteiger partial charge in [0.2, 0.25) is 0 Å². The lowest BCUT2D eigenvalue weighted by Crippen LogP contribution is -2.19. The lowest BCUT2D eigenvalue weighted by molar-refractivity contribution is 0.453. The summed E-state index contributed by atoms with van der Waals surface area (Å²) in [5.41, 5.74) is -1.42. The molecular weight excluding hydrogens is 470 g/mol. The van der Waals surface area contributed by atoms with Gasteiger partial charge in [-0.15, -0.1) is 0 Å². The van der Waals surface area contributed by atoms with Gasteiger partial charge in [0.25, 0.3) is 5.56 Å². The van der Waals surface area contributed by atoms with Crippen LogP contribution in [0.2, 0.25) is 0 Å². The number of benzene rings is 2. The topological polar surface area (TPSA) is 66.3 Å². The van der Waals surface area contributed by atoms with Crippen molar-refractivity contribution in [3.05, 3.63) is 68.2 Å². The minimum Gasteiger partial charge on any atom is -0.373 e. The van der Waals surface area contributed by atoms with Crippen molar-refractivity contribution in [2.45, 2.75) is 0 Å². The number of rotatable bonds is 3. The molecule has 11 heteroatoms. The predicted molar refractivity (Wildman–Crippen MR) is 109 cm³/mol. The number of H-pyrrole nitrogens is 1. The fraction of sp³-hybridized carbons (Fsp3) is 0.105. The molecule has 0 spiro atoms. The van der Waals surface area contributed by atoms with E-state index in [2.05, 4.69) is 31.0 Å². The van der Waals surface area contributed by atoms with Gasteiger partial charge in [0.1, 0.15) is 23.0 Å². The Balaban J connectivity index is 1.85. The molecule has 2 heterocycles. The van der Waals surface area contributed by atoms with Gasteiger partial charge in [-0.05, 0) is 18.2 Å². The molecule has 0 aliphatic rings. The van der Waals surface area contributed by atoms with E-state index < -0.39 is 40.1 Å². The predicted octanol–water partition coefficient (Wildman–Crippen LogP) is 4.14. The molecule has 0 radical (unpaired) electrons. The number of anilines is 1. The Hall–Kier alpha value is -3.21. The minimum absolute atomic E-state index is 0.115. The van der Waals surface area contributed by atoms with Crippen LogP contribution in [0, 0.1) is 23.3 Å². The molecule has 1 N–H and O–H groups in total. The van der Waals surface area contributed by atoms with Crippen molar-refractivity contribution in [1.82, 2.24) is 14.6 Å². The molecule has 0 amide bonds. The van der Waals surface area contributed by atoms with Crippen LogP contribution >= 0.6 is 15.9 Å². The summed E-state index contributed by atoms with van der Waals surface area (Å²) in [6.45, 7) is 0. The van der Waals surface area contributed by atoms with Crippen LogP contribution < -0.4 is 10.5 Å². The third-order valence-corrected chi connectivity index (χ3v) is 4.98. The average Bonchev–Trinajstić information content (AvgIpc) is 3.06. The third kappa shape index (κ3) is 3.05. The van der Waals surface area contributed by atoms with Crippen molar-refractivity contribution in [2.75, 3.05) is 19.0 Å². The summed E-state index contributed by atoms with van der Waals surface area (Å²) >= 11 is 3.34. The van der Waals surface area contributed by atoms with E-state index in [0.717, 1.165) is 15.7 Å². The lowest BCUT2D eigenvalue weighted by Gasteiger charge is -2.16. The first-order valence-electron chi connectivity index (χ1n) is 8.47. The number of hydrogen-bond acceptors (Lipinski definition) is 4. The Morgan fingerprint density at radius 1 is 1.13 bits per heavy atom. The Morgan fingerprint density at radius 2 is 1.80 bits per heavy atom. The number of halogens is 5. The minimum atomic E-state index is -1.63. The number of hydrogen-bond donors (Lipinski definition) is 1. The summed E-state index contributed by atoms with van der Waals surface area (Å²) in [5, 5.41) is 4.34. The zero-order chi connectivity index (χ0) is 21.7. The quantitative estimate of drug-likeness (QED) is 0.271. The lowest BCUT2D eigenvalue weighted by atomic mass is 10.1. The van der Waals surface area contributed by atoms with Gasteiger partial charge in [-0.3, -0.25) is 4.79 Å². The average molecular weight is 482 g/mol. The number of aromatic amines is 1. The first-order chi connectivity index (χ1) is 14.2. The maximum Gasteiger partial charge on any atom is 0.298 e.